The minimum atomic E-state index is -0.549. The first-order valence-corrected chi connectivity index (χ1v) is 6.43. The molecule has 0 atom stereocenters. The third kappa shape index (κ3) is 2.41. The number of carbonyl (C=O) groups is 2. The SMILES string of the molecule is C=CCN1C(=O)C(Cl)=C(c2ccc(Cl)cc2Cl)C1=O. The maximum atomic E-state index is 12.2. The molecule has 0 saturated heterocycles. The molecule has 1 heterocycles. The molecule has 0 N–H and O–H groups in total. The number of amides is 2. The van der Waals surface area contributed by atoms with Crippen molar-refractivity contribution < 1.29 is 9.59 Å². The van der Waals surface area contributed by atoms with E-state index in [2.05, 4.69) is 6.58 Å². The molecule has 1 aromatic rings. The van der Waals surface area contributed by atoms with Gasteiger partial charge >= 0.3 is 0 Å². The van der Waals surface area contributed by atoms with E-state index in [4.69, 9.17) is 34.8 Å². The smallest absolute Gasteiger partial charge is 0.270 e. The Hall–Kier alpha value is -1.29. The minimum absolute atomic E-state index is 0.0928. The van der Waals surface area contributed by atoms with E-state index in [1.165, 1.54) is 12.1 Å². The summed E-state index contributed by atoms with van der Waals surface area (Å²) in [7, 11) is 0. The van der Waals surface area contributed by atoms with Gasteiger partial charge < -0.3 is 0 Å². The van der Waals surface area contributed by atoms with Crippen molar-refractivity contribution in [1.29, 1.82) is 0 Å². The third-order valence-corrected chi connectivity index (χ3v) is 3.52. The number of rotatable bonds is 3. The highest BCUT2D eigenvalue weighted by atomic mass is 35.5. The largest absolute Gasteiger partial charge is 0.273 e. The van der Waals surface area contributed by atoms with Gasteiger partial charge in [-0.1, -0.05) is 46.9 Å². The lowest BCUT2D eigenvalue weighted by molar-refractivity contribution is -0.135. The van der Waals surface area contributed by atoms with Crippen LogP contribution in [-0.2, 0) is 9.59 Å². The Bertz CT molecular complexity index is 622. The second-order valence-electron chi connectivity index (χ2n) is 3.82. The summed E-state index contributed by atoms with van der Waals surface area (Å²) in [5.74, 6) is -1.04. The Morgan fingerprint density at radius 2 is 1.84 bits per heavy atom. The van der Waals surface area contributed by atoms with Gasteiger partial charge in [0.1, 0.15) is 5.03 Å². The van der Waals surface area contributed by atoms with E-state index in [1.54, 1.807) is 12.1 Å². The Morgan fingerprint density at radius 3 is 2.42 bits per heavy atom. The molecule has 2 rings (SSSR count). The molecule has 0 bridgehead atoms. The van der Waals surface area contributed by atoms with E-state index in [0.717, 1.165) is 4.90 Å². The molecule has 0 aliphatic carbocycles. The van der Waals surface area contributed by atoms with Gasteiger partial charge in [-0.2, -0.15) is 0 Å². The van der Waals surface area contributed by atoms with Crippen LogP contribution in [0.25, 0.3) is 5.57 Å². The molecule has 1 aliphatic heterocycles. The van der Waals surface area contributed by atoms with E-state index in [9.17, 15) is 9.59 Å². The van der Waals surface area contributed by atoms with Gasteiger partial charge in [-0.15, -0.1) is 6.58 Å². The first-order valence-electron chi connectivity index (χ1n) is 5.29. The van der Waals surface area contributed by atoms with Crippen molar-refractivity contribution in [2.45, 2.75) is 0 Å². The van der Waals surface area contributed by atoms with Crippen LogP contribution in [0, 0.1) is 0 Å². The molecule has 6 heteroatoms. The van der Waals surface area contributed by atoms with Crippen LogP contribution in [0.2, 0.25) is 10.0 Å². The summed E-state index contributed by atoms with van der Waals surface area (Å²) in [5, 5.41) is 0.559. The van der Waals surface area contributed by atoms with Crippen molar-refractivity contribution in [3.05, 3.63) is 51.5 Å². The standard InChI is InChI=1S/C13H8Cl3NO2/c1-2-5-17-12(18)10(11(16)13(17)19)8-4-3-7(14)6-9(8)15/h2-4,6H,1,5H2. The summed E-state index contributed by atoms with van der Waals surface area (Å²) in [6, 6.07) is 4.63. The number of carbonyl (C=O) groups excluding carboxylic acids is 2. The maximum absolute atomic E-state index is 12.2. The fraction of sp³-hybridized carbons (Fsp3) is 0.0769. The molecule has 2 amide bonds. The quantitative estimate of drug-likeness (QED) is 0.632. The minimum Gasteiger partial charge on any atom is -0.270 e. The maximum Gasteiger partial charge on any atom is 0.273 e. The molecule has 1 aromatic carbocycles. The lowest BCUT2D eigenvalue weighted by Crippen LogP contribution is -2.31. The molecular formula is C13H8Cl3NO2. The fourth-order valence-corrected chi connectivity index (χ4v) is 2.55. The molecule has 3 nitrogen and oxygen atoms in total. The van der Waals surface area contributed by atoms with Crippen molar-refractivity contribution in [2.24, 2.45) is 0 Å². The van der Waals surface area contributed by atoms with Crippen LogP contribution in [0.4, 0.5) is 0 Å². The number of hydrogen-bond donors (Lipinski definition) is 0. The average Bonchev–Trinajstić information content (AvgIpc) is 2.55. The highest BCUT2D eigenvalue weighted by Gasteiger charge is 2.38. The predicted octanol–water partition coefficient (Wildman–Crippen LogP) is 3.50. The van der Waals surface area contributed by atoms with E-state index in [0.29, 0.717) is 10.6 Å². The van der Waals surface area contributed by atoms with Gasteiger partial charge in [0.2, 0.25) is 0 Å². The number of imide groups is 1. The predicted molar refractivity (Wildman–Crippen MR) is 76.2 cm³/mol. The van der Waals surface area contributed by atoms with Crippen LogP contribution >= 0.6 is 34.8 Å². The molecule has 98 valence electrons. The molecular weight excluding hydrogens is 309 g/mol. The highest BCUT2D eigenvalue weighted by Crippen LogP contribution is 2.36. The number of hydrogen-bond acceptors (Lipinski definition) is 2. The summed E-state index contributed by atoms with van der Waals surface area (Å²) in [6.45, 7) is 3.59. The van der Waals surface area contributed by atoms with Crippen LogP contribution in [0.15, 0.2) is 35.9 Å². The second-order valence-corrected chi connectivity index (χ2v) is 5.04. The zero-order chi connectivity index (χ0) is 14.2. The Balaban J connectivity index is 2.52. The monoisotopic (exact) mass is 315 g/mol. The summed E-state index contributed by atoms with van der Waals surface area (Å²) in [5.41, 5.74) is 0.483. The van der Waals surface area contributed by atoms with Crippen LogP contribution in [-0.4, -0.2) is 23.3 Å². The normalized spacial score (nSPS) is 15.4. The van der Waals surface area contributed by atoms with Crippen molar-refractivity contribution in [1.82, 2.24) is 4.90 Å². The van der Waals surface area contributed by atoms with Crippen molar-refractivity contribution >= 4 is 52.2 Å². The summed E-state index contributed by atoms with van der Waals surface area (Å²) in [6.07, 6.45) is 1.45. The first-order chi connectivity index (χ1) is 8.97. The van der Waals surface area contributed by atoms with Crippen LogP contribution in [0.5, 0.6) is 0 Å². The highest BCUT2D eigenvalue weighted by molar-refractivity contribution is 6.55. The molecule has 0 radical (unpaired) electrons. The molecule has 0 saturated carbocycles. The lowest BCUT2D eigenvalue weighted by Gasteiger charge is -2.12. The van der Waals surface area contributed by atoms with E-state index in [1.807, 2.05) is 0 Å². The van der Waals surface area contributed by atoms with Gasteiger partial charge in [0.15, 0.2) is 0 Å². The second kappa shape index (κ2) is 5.37. The van der Waals surface area contributed by atoms with Crippen LogP contribution in [0.3, 0.4) is 0 Å². The van der Waals surface area contributed by atoms with Gasteiger partial charge in [-0.05, 0) is 12.1 Å². The number of nitrogens with zero attached hydrogens (tertiary/aromatic N) is 1. The Labute approximate surface area is 125 Å². The van der Waals surface area contributed by atoms with Crippen molar-refractivity contribution in [3.8, 4) is 0 Å². The molecule has 1 aliphatic rings. The Kier molecular flexibility index (Phi) is 3.99. The molecule has 19 heavy (non-hydrogen) atoms. The van der Waals surface area contributed by atoms with Crippen molar-refractivity contribution in [2.75, 3.05) is 6.54 Å². The van der Waals surface area contributed by atoms with Crippen LogP contribution < -0.4 is 0 Å². The van der Waals surface area contributed by atoms with Gasteiger partial charge in [0.05, 0.1) is 10.6 Å². The van der Waals surface area contributed by atoms with Crippen LogP contribution in [0.1, 0.15) is 5.56 Å². The third-order valence-electron chi connectivity index (χ3n) is 2.62. The summed E-state index contributed by atoms with van der Waals surface area (Å²) < 4.78 is 0. The van der Waals surface area contributed by atoms with E-state index >= 15 is 0 Å². The zero-order valence-corrected chi connectivity index (χ0v) is 11.9. The van der Waals surface area contributed by atoms with Gasteiger partial charge in [0, 0.05) is 17.1 Å². The molecule has 0 aromatic heterocycles. The van der Waals surface area contributed by atoms with Gasteiger partial charge in [-0.25, -0.2) is 0 Å². The van der Waals surface area contributed by atoms with E-state index in [-0.39, 0.29) is 22.2 Å². The Morgan fingerprint density at radius 1 is 1.16 bits per heavy atom. The summed E-state index contributed by atoms with van der Waals surface area (Å²) in [4.78, 5) is 25.1. The van der Waals surface area contributed by atoms with Gasteiger partial charge in [-0.3, -0.25) is 14.5 Å². The first kappa shape index (κ1) is 14.1. The molecule has 0 unspecified atom stereocenters. The average molecular weight is 317 g/mol. The molecule has 0 spiro atoms. The summed E-state index contributed by atoms with van der Waals surface area (Å²) >= 11 is 17.8. The zero-order valence-electron chi connectivity index (χ0n) is 9.62. The number of benzene rings is 1. The lowest BCUT2D eigenvalue weighted by atomic mass is 10.1. The van der Waals surface area contributed by atoms with E-state index < -0.39 is 11.8 Å². The number of halogens is 3. The van der Waals surface area contributed by atoms with Crippen molar-refractivity contribution in [3.63, 3.8) is 0 Å². The van der Waals surface area contributed by atoms with Gasteiger partial charge in [0.25, 0.3) is 11.8 Å². The fourth-order valence-electron chi connectivity index (χ4n) is 1.77. The topological polar surface area (TPSA) is 37.4 Å². The molecule has 0 fully saturated rings.